The maximum absolute atomic E-state index is 12.3. The van der Waals surface area contributed by atoms with Crippen molar-refractivity contribution in [1.82, 2.24) is 10.2 Å². The molecule has 23 heavy (non-hydrogen) atoms. The Morgan fingerprint density at radius 3 is 2.83 bits per heavy atom. The van der Waals surface area contributed by atoms with Crippen molar-refractivity contribution in [2.45, 2.75) is 25.7 Å². The van der Waals surface area contributed by atoms with Gasteiger partial charge in [0.15, 0.2) is 0 Å². The lowest BCUT2D eigenvalue weighted by Crippen LogP contribution is -2.46. The summed E-state index contributed by atoms with van der Waals surface area (Å²) >= 11 is 0. The van der Waals surface area contributed by atoms with Gasteiger partial charge in [-0.15, -0.1) is 0 Å². The smallest absolute Gasteiger partial charge is 0.319 e. The van der Waals surface area contributed by atoms with Gasteiger partial charge in [-0.1, -0.05) is 29.8 Å². The van der Waals surface area contributed by atoms with Gasteiger partial charge in [0, 0.05) is 18.8 Å². The lowest BCUT2D eigenvalue weighted by Gasteiger charge is -2.36. The zero-order chi connectivity index (χ0) is 16.1. The van der Waals surface area contributed by atoms with Crippen LogP contribution in [-0.4, -0.2) is 36.5 Å². The first-order chi connectivity index (χ1) is 11.2. The molecule has 3 rings (SSSR count). The fourth-order valence-electron chi connectivity index (χ4n) is 3.32. The molecule has 3 amide bonds. The van der Waals surface area contributed by atoms with Crippen molar-refractivity contribution in [1.29, 1.82) is 0 Å². The second-order valence-corrected chi connectivity index (χ2v) is 6.18. The number of anilines is 1. The lowest BCUT2D eigenvalue weighted by atomic mass is 9.82. The minimum absolute atomic E-state index is 0.0156. The van der Waals surface area contributed by atoms with Gasteiger partial charge >= 0.3 is 6.03 Å². The molecule has 0 aromatic heterocycles. The first kappa shape index (κ1) is 15.6. The van der Waals surface area contributed by atoms with Crippen LogP contribution in [0.2, 0.25) is 0 Å². The molecule has 1 aliphatic carbocycles. The molecule has 0 radical (unpaired) electrons. The van der Waals surface area contributed by atoms with Crippen molar-refractivity contribution in [3.8, 4) is 0 Å². The van der Waals surface area contributed by atoms with Gasteiger partial charge in [0.1, 0.15) is 0 Å². The van der Waals surface area contributed by atoms with Gasteiger partial charge in [-0.05, 0) is 43.7 Å². The number of piperidine rings is 1. The highest BCUT2D eigenvalue weighted by atomic mass is 16.2. The van der Waals surface area contributed by atoms with E-state index >= 15 is 0 Å². The zero-order valence-electron chi connectivity index (χ0n) is 13.3. The summed E-state index contributed by atoms with van der Waals surface area (Å²) < 4.78 is 0. The van der Waals surface area contributed by atoms with E-state index in [1.54, 1.807) is 0 Å². The summed E-state index contributed by atoms with van der Waals surface area (Å²) in [5, 5.41) is 5.35. The molecule has 1 aromatic carbocycles. The molecule has 122 valence electrons. The molecule has 1 aliphatic heterocycles. The molecule has 5 nitrogen and oxygen atoms in total. The second kappa shape index (κ2) is 7.31. The van der Waals surface area contributed by atoms with Crippen LogP contribution in [0.4, 0.5) is 10.5 Å². The van der Waals surface area contributed by atoms with E-state index in [-0.39, 0.29) is 18.5 Å². The summed E-state index contributed by atoms with van der Waals surface area (Å²) in [6.07, 6.45) is 7.00. The van der Waals surface area contributed by atoms with Crippen molar-refractivity contribution in [3.05, 3.63) is 42.0 Å². The number of para-hydroxylation sites is 1. The first-order valence-electron chi connectivity index (χ1n) is 8.29. The number of urea groups is 1. The Labute approximate surface area is 136 Å². The van der Waals surface area contributed by atoms with E-state index in [0.717, 1.165) is 25.9 Å². The fraction of sp³-hybridized carbons (Fsp3) is 0.444. The summed E-state index contributed by atoms with van der Waals surface area (Å²) in [5.74, 6) is 0.653. The number of nitrogens with one attached hydrogen (secondary N) is 2. The molecule has 1 aromatic rings. The third kappa shape index (κ3) is 4.12. The number of hydrogen-bond donors (Lipinski definition) is 2. The molecule has 1 atom stereocenters. The van der Waals surface area contributed by atoms with Crippen molar-refractivity contribution in [2.24, 2.45) is 5.92 Å². The van der Waals surface area contributed by atoms with Crippen molar-refractivity contribution >= 4 is 17.6 Å². The van der Waals surface area contributed by atoms with Crippen LogP contribution in [0.5, 0.6) is 0 Å². The minimum Gasteiger partial charge on any atom is -0.337 e. The summed E-state index contributed by atoms with van der Waals surface area (Å²) in [7, 11) is 0. The average molecular weight is 313 g/mol. The van der Waals surface area contributed by atoms with Crippen LogP contribution in [0.3, 0.4) is 0 Å². The zero-order valence-corrected chi connectivity index (χ0v) is 13.3. The van der Waals surface area contributed by atoms with Crippen LogP contribution in [-0.2, 0) is 4.79 Å². The van der Waals surface area contributed by atoms with E-state index in [1.165, 1.54) is 18.4 Å². The van der Waals surface area contributed by atoms with Gasteiger partial charge in [-0.2, -0.15) is 0 Å². The standard InChI is InChI=1S/C18H23N3O2/c22-17(12-19-18(23)20-16-8-2-1-3-9-16)21-11-10-14-6-4-5-7-15(14)13-21/h1-3,7-9,14H,4-6,10-13H2,(H2,19,20,23). The predicted molar refractivity (Wildman–Crippen MR) is 90.1 cm³/mol. The van der Waals surface area contributed by atoms with Crippen LogP contribution in [0.1, 0.15) is 25.7 Å². The van der Waals surface area contributed by atoms with Gasteiger partial charge in [0.25, 0.3) is 0 Å². The number of carbonyl (C=O) groups excluding carboxylic acids is 2. The van der Waals surface area contributed by atoms with E-state index in [9.17, 15) is 9.59 Å². The van der Waals surface area contributed by atoms with E-state index in [0.29, 0.717) is 11.6 Å². The third-order valence-corrected chi connectivity index (χ3v) is 4.59. The molecular formula is C18H23N3O2. The van der Waals surface area contributed by atoms with Crippen LogP contribution in [0.25, 0.3) is 0 Å². The van der Waals surface area contributed by atoms with E-state index in [4.69, 9.17) is 0 Å². The highest BCUT2D eigenvalue weighted by molar-refractivity contribution is 5.92. The fourth-order valence-corrected chi connectivity index (χ4v) is 3.32. The SMILES string of the molecule is O=C(NCC(=O)N1CCC2CCCC=C2C1)Nc1ccccc1. The maximum Gasteiger partial charge on any atom is 0.319 e. The molecule has 1 heterocycles. The van der Waals surface area contributed by atoms with Gasteiger partial charge in [-0.25, -0.2) is 4.79 Å². The first-order valence-corrected chi connectivity index (χ1v) is 8.29. The van der Waals surface area contributed by atoms with Crippen molar-refractivity contribution in [3.63, 3.8) is 0 Å². The molecule has 0 saturated carbocycles. The number of likely N-dealkylation sites (tertiary alicyclic amines) is 1. The molecule has 5 heteroatoms. The van der Waals surface area contributed by atoms with Gasteiger partial charge in [0.05, 0.1) is 6.54 Å². The predicted octanol–water partition coefficient (Wildman–Crippen LogP) is 2.77. The molecular weight excluding hydrogens is 290 g/mol. The number of amides is 3. The Balaban J connectivity index is 1.46. The summed E-state index contributed by atoms with van der Waals surface area (Å²) in [4.78, 5) is 26.0. The number of carbonyl (C=O) groups is 2. The van der Waals surface area contributed by atoms with Crippen LogP contribution in [0, 0.1) is 5.92 Å². The molecule has 2 N–H and O–H groups in total. The molecule has 1 fully saturated rings. The summed E-state index contributed by atoms with van der Waals surface area (Å²) in [6, 6.07) is 8.85. The molecule has 2 aliphatic rings. The second-order valence-electron chi connectivity index (χ2n) is 6.18. The average Bonchev–Trinajstić information content (AvgIpc) is 2.60. The topological polar surface area (TPSA) is 61.4 Å². The Morgan fingerprint density at radius 1 is 1.17 bits per heavy atom. The normalized spacial score (nSPS) is 20.3. The highest BCUT2D eigenvalue weighted by Crippen LogP contribution is 2.31. The third-order valence-electron chi connectivity index (χ3n) is 4.59. The molecule has 0 bridgehead atoms. The van der Waals surface area contributed by atoms with Crippen LogP contribution >= 0.6 is 0 Å². The monoisotopic (exact) mass is 313 g/mol. The quantitative estimate of drug-likeness (QED) is 0.843. The Hall–Kier alpha value is -2.30. The lowest BCUT2D eigenvalue weighted by molar-refractivity contribution is -0.130. The molecule has 1 saturated heterocycles. The van der Waals surface area contributed by atoms with Crippen molar-refractivity contribution < 1.29 is 9.59 Å². The molecule has 0 spiro atoms. The number of benzene rings is 1. The maximum atomic E-state index is 12.3. The molecule has 1 unspecified atom stereocenters. The van der Waals surface area contributed by atoms with Gasteiger partial charge in [-0.3, -0.25) is 4.79 Å². The number of allylic oxidation sites excluding steroid dienone is 1. The van der Waals surface area contributed by atoms with Crippen LogP contribution < -0.4 is 10.6 Å². The van der Waals surface area contributed by atoms with Crippen molar-refractivity contribution in [2.75, 3.05) is 25.0 Å². The minimum atomic E-state index is -0.351. The van der Waals surface area contributed by atoms with Gasteiger partial charge in [0.2, 0.25) is 5.91 Å². The Bertz CT molecular complexity index is 598. The van der Waals surface area contributed by atoms with E-state index in [2.05, 4.69) is 16.7 Å². The number of hydrogen-bond acceptors (Lipinski definition) is 2. The number of fused-ring (bicyclic) bond motifs is 1. The van der Waals surface area contributed by atoms with Gasteiger partial charge < -0.3 is 15.5 Å². The highest BCUT2D eigenvalue weighted by Gasteiger charge is 2.27. The van der Waals surface area contributed by atoms with E-state index in [1.807, 2.05) is 35.2 Å². The summed E-state index contributed by atoms with van der Waals surface area (Å²) in [6.45, 7) is 1.56. The largest absolute Gasteiger partial charge is 0.337 e. The Kier molecular flexibility index (Phi) is 4.95. The van der Waals surface area contributed by atoms with E-state index < -0.39 is 0 Å². The number of nitrogens with zero attached hydrogens (tertiary/aromatic N) is 1. The summed E-state index contributed by atoms with van der Waals surface area (Å²) in [5.41, 5.74) is 2.12. The Morgan fingerprint density at radius 2 is 2.00 bits per heavy atom. The van der Waals surface area contributed by atoms with Crippen LogP contribution in [0.15, 0.2) is 42.0 Å². The number of rotatable bonds is 3.